The molecule has 9 heteroatoms. The van der Waals surface area contributed by atoms with Crippen LogP contribution in [0.5, 0.6) is 11.6 Å². The Hall–Kier alpha value is -2.68. The predicted molar refractivity (Wildman–Crippen MR) is 77.6 cm³/mol. The summed E-state index contributed by atoms with van der Waals surface area (Å²) in [5, 5.41) is 22.4. The van der Waals surface area contributed by atoms with Gasteiger partial charge in [-0.25, -0.2) is 4.98 Å². The Labute approximate surface area is 127 Å². The van der Waals surface area contributed by atoms with E-state index in [0.29, 0.717) is 10.0 Å². The highest BCUT2D eigenvalue weighted by Gasteiger charge is 2.19. The quantitative estimate of drug-likeness (QED) is 0.286. The van der Waals surface area contributed by atoms with Gasteiger partial charge in [0.1, 0.15) is 0 Å². The Morgan fingerprint density at radius 2 is 2.19 bits per heavy atom. The number of ether oxygens (including phenoxy) is 1. The topological polar surface area (TPSA) is 124 Å². The number of para-hydroxylation sites is 1. The van der Waals surface area contributed by atoms with Gasteiger partial charge >= 0.3 is 5.69 Å². The van der Waals surface area contributed by atoms with Gasteiger partial charge in [-0.1, -0.05) is 11.2 Å². The van der Waals surface area contributed by atoms with E-state index in [1.165, 1.54) is 30.5 Å². The van der Waals surface area contributed by atoms with Crippen LogP contribution in [0.15, 0.2) is 46.2 Å². The molecule has 0 aliphatic rings. The summed E-state index contributed by atoms with van der Waals surface area (Å²) in [6.45, 7) is 0. The molecule has 21 heavy (non-hydrogen) atoms. The highest BCUT2D eigenvalue weighted by atomic mass is 79.9. The molecule has 0 unspecified atom stereocenters. The van der Waals surface area contributed by atoms with Crippen molar-refractivity contribution < 1.29 is 14.9 Å². The van der Waals surface area contributed by atoms with E-state index in [9.17, 15) is 10.1 Å². The molecular weight excluding hydrogens is 344 g/mol. The van der Waals surface area contributed by atoms with Crippen LogP contribution in [0.2, 0.25) is 0 Å². The van der Waals surface area contributed by atoms with Gasteiger partial charge in [-0.3, -0.25) is 10.1 Å². The summed E-state index contributed by atoms with van der Waals surface area (Å²) in [4.78, 5) is 14.4. The molecule has 1 aromatic carbocycles. The summed E-state index contributed by atoms with van der Waals surface area (Å²) in [7, 11) is 0. The fourth-order valence-corrected chi connectivity index (χ4v) is 1.93. The van der Waals surface area contributed by atoms with E-state index < -0.39 is 4.92 Å². The van der Waals surface area contributed by atoms with Crippen molar-refractivity contribution in [1.82, 2.24) is 4.98 Å². The van der Waals surface area contributed by atoms with Crippen LogP contribution in [-0.4, -0.2) is 21.0 Å². The SMILES string of the molecule is N/C(=N/O)c1ccc(Oc2c(Br)cccc2[N+](=O)[O-])nc1. The number of hydrogen-bond acceptors (Lipinski definition) is 6. The minimum absolute atomic E-state index is 0.0477. The zero-order valence-electron chi connectivity index (χ0n) is 10.4. The molecule has 0 fully saturated rings. The molecule has 1 heterocycles. The largest absolute Gasteiger partial charge is 0.431 e. The van der Waals surface area contributed by atoms with Crippen LogP contribution in [-0.2, 0) is 0 Å². The van der Waals surface area contributed by atoms with Crippen molar-refractivity contribution in [3.8, 4) is 11.6 Å². The van der Waals surface area contributed by atoms with Crippen LogP contribution in [0.25, 0.3) is 0 Å². The second-order valence-corrected chi connectivity index (χ2v) is 4.67. The maximum Gasteiger partial charge on any atom is 0.312 e. The van der Waals surface area contributed by atoms with Gasteiger partial charge in [-0.15, -0.1) is 0 Å². The van der Waals surface area contributed by atoms with Gasteiger partial charge in [0.25, 0.3) is 0 Å². The maximum absolute atomic E-state index is 11.0. The summed E-state index contributed by atoms with van der Waals surface area (Å²) >= 11 is 3.19. The van der Waals surface area contributed by atoms with E-state index in [4.69, 9.17) is 15.7 Å². The Morgan fingerprint density at radius 1 is 1.43 bits per heavy atom. The summed E-state index contributed by atoms with van der Waals surface area (Å²) in [5.41, 5.74) is 5.61. The first kappa shape index (κ1) is 14.7. The fourth-order valence-electron chi connectivity index (χ4n) is 1.50. The first-order valence-electron chi connectivity index (χ1n) is 5.57. The van der Waals surface area contributed by atoms with E-state index >= 15 is 0 Å². The number of nitrogens with zero attached hydrogens (tertiary/aromatic N) is 3. The van der Waals surface area contributed by atoms with Crippen LogP contribution in [0.3, 0.4) is 0 Å². The van der Waals surface area contributed by atoms with Crippen molar-refractivity contribution in [2.45, 2.75) is 0 Å². The molecule has 1 aromatic heterocycles. The lowest BCUT2D eigenvalue weighted by Crippen LogP contribution is -2.13. The summed E-state index contributed by atoms with van der Waals surface area (Å²) in [6, 6.07) is 7.44. The van der Waals surface area contributed by atoms with Gasteiger partial charge in [-0.05, 0) is 28.1 Å². The molecule has 0 amide bonds. The van der Waals surface area contributed by atoms with Crippen molar-refractivity contribution in [3.63, 3.8) is 0 Å². The third-order valence-corrected chi connectivity index (χ3v) is 3.11. The molecule has 0 aliphatic carbocycles. The Balaban J connectivity index is 2.33. The Bertz CT molecular complexity index is 703. The number of aromatic nitrogens is 1. The molecule has 0 atom stereocenters. The van der Waals surface area contributed by atoms with Crippen molar-refractivity contribution in [3.05, 3.63) is 56.7 Å². The molecule has 0 aliphatic heterocycles. The molecular formula is C12H9BrN4O4. The minimum atomic E-state index is -0.551. The number of nitro benzene ring substituents is 1. The maximum atomic E-state index is 11.0. The first-order valence-corrected chi connectivity index (χ1v) is 6.37. The number of oxime groups is 1. The fraction of sp³-hybridized carbons (Fsp3) is 0. The van der Waals surface area contributed by atoms with Crippen LogP contribution in [0.4, 0.5) is 5.69 Å². The summed E-state index contributed by atoms with van der Waals surface area (Å²) in [6.07, 6.45) is 1.33. The average Bonchev–Trinajstić information content (AvgIpc) is 2.49. The van der Waals surface area contributed by atoms with Crippen molar-refractivity contribution in [2.24, 2.45) is 10.9 Å². The lowest BCUT2D eigenvalue weighted by molar-refractivity contribution is -0.385. The Morgan fingerprint density at radius 3 is 2.76 bits per heavy atom. The van der Waals surface area contributed by atoms with Gasteiger partial charge in [0.15, 0.2) is 5.84 Å². The lowest BCUT2D eigenvalue weighted by Gasteiger charge is -2.07. The first-order chi connectivity index (χ1) is 10.0. The van der Waals surface area contributed by atoms with Gasteiger partial charge < -0.3 is 15.7 Å². The van der Waals surface area contributed by atoms with Gasteiger partial charge in [0.2, 0.25) is 11.6 Å². The smallest absolute Gasteiger partial charge is 0.312 e. The summed E-state index contributed by atoms with van der Waals surface area (Å²) in [5.74, 6) is 0.0898. The van der Waals surface area contributed by atoms with E-state index in [0.717, 1.165) is 0 Å². The van der Waals surface area contributed by atoms with Crippen LogP contribution in [0.1, 0.15) is 5.56 Å². The van der Waals surface area contributed by atoms with Crippen LogP contribution >= 0.6 is 15.9 Å². The van der Waals surface area contributed by atoms with Crippen molar-refractivity contribution in [1.29, 1.82) is 0 Å². The molecule has 0 radical (unpaired) electrons. The van der Waals surface area contributed by atoms with Gasteiger partial charge in [0, 0.05) is 23.9 Å². The molecule has 2 rings (SSSR count). The minimum Gasteiger partial charge on any atom is -0.431 e. The van der Waals surface area contributed by atoms with Crippen LogP contribution < -0.4 is 10.5 Å². The highest BCUT2D eigenvalue weighted by Crippen LogP contribution is 2.37. The number of nitrogens with two attached hydrogens (primary N) is 1. The van der Waals surface area contributed by atoms with Crippen molar-refractivity contribution in [2.75, 3.05) is 0 Å². The van der Waals surface area contributed by atoms with Gasteiger partial charge in [0.05, 0.1) is 9.40 Å². The van der Waals surface area contributed by atoms with E-state index in [-0.39, 0.29) is 23.2 Å². The number of amidine groups is 1. The molecule has 0 spiro atoms. The molecule has 0 saturated carbocycles. The lowest BCUT2D eigenvalue weighted by atomic mass is 10.2. The van der Waals surface area contributed by atoms with Crippen molar-refractivity contribution >= 4 is 27.5 Å². The number of halogens is 1. The molecule has 3 N–H and O–H groups in total. The number of rotatable bonds is 4. The van der Waals surface area contributed by atoms with E-state index in [2.05, 4.69) is 26.1 Å². The van der Waals surface area contributed by atoms with E-state index in [1.807, 2.05) is 0 Å². The molecule has 0 saturated heterocycles. The second kappa shape index (κ2) is 6.18. The Kier molecular flexibility index (Phi) is 4.33. The average molecular weight is 353 g/mol. The number of nitro groups is 1. The third-order valence-electron chi connectivity index (χ3n) is 2.49. The molecule has 2 aromatic rings. The molecule has 108 valence electrons. The highest BCUT2D eigenvalue weighted by molar-refractivity contribution is 9.10. The third kappa shape index (κ3) is 3.26. The zero-order valence-corrected chi connectivity index (χ0v) is 12.0. The van der Waals surface area contributed by atoms with Crippen LogP contribution in [0, 0.1) is 10.1 Å². The number of hydrogen-bond donors (Lipinski definition) is 2. The zero-order chi connectivity index (χ0) is 15.4. The summed E-state index contributed by atoms with van der Waals surface area (Å²) < 4.78 is 5.86. The number of benzene rings is 1. The predicted octanol–water partition coefficient (Wildman–Crippen LogP) is 2.64. The molecule has 8 nitrogen and oxygen atoms in total. The van der Waals surface area contributed by atoms with E-state index in [1.54, 1.807) is 6.07 Å². The van der Waals surface area contributed by atoms with Gasteiger partial charge in [-0.2, -0.15) is 0 Å². The molecule has 0 bridgehead atoms. The number of pyridine rings is 1. The second-order valence-electron chi connectivity index (χ2n) is 3.82. The monoisotopic (exact) mass is 352 g/mol. The standard InChI is InChI=1S/C12H9BrN4O4/c13-8-2-1-3-9(17(19)20)11(8)21-10-5-4-7(6-15-10)12(14)16-18/h1-6,18H,(H2,14,16). The normalized spacial score (nSPS) is 11.2.